The smallest absolute Gasteiger partial charge is 0.261 e. The molecule has 1 atom stereocenters. The van der Waals surface area contributed by atoms with Gasteiger partial charge in [0.15, 0.2) is 0 Å². The van der Waals surface area contributed by atoms with Gasteiger partial charge in [-0.15, -0.1) is 0 Å². The second kappa shape index (κ2) is 12.2. The zero-order valence-corrected chi connectivity index (χ0v) is 20.1. The van der Waals surface area contributed by atoms with Crippen LogP contribution in [0.15, 0.2) is 77.7 Å². The molecule has 0 saturated carbocycles. The van der Waals surface area contributed by atoms with Crippen molar-refractivity contribution in [1.29, 1.82) is 0 Å². The first-order chi connectivity index (χ1) is 16.7. The molecule has 0 heterocycles. The van der Waals surface area contributed by atoms with Crippen LogP contribution in [-0.2, 0) is 21.2 Å². The van der Waals surface area contributed by atoms with Crippen molar-refractivity contribution in [1.82, 2.24) is 5.32 Å². The number of rotatable bonds is 12. The topological polar surface area (TPSA) is 137 Å². The lowest BCUT2D eigenvalue weighted by atomic mass is 10.1. The van der Waals surface area contributed by atoms with Crippen LogP contribution in [0.2, 0.25) is 0 Å². The van der Waals surface area contributed by atoms with E-state index in [9.17, 15) is 23.4 Å². The van der Waals surface area contributed by atoms with Gasteiger partial charge in [0, 0.05) is 24.8 Å². The Balaban J connectivity index is 1.40. The SMILES string of the molecule is CC(=O)Nc1ccc(S(=O)(=O)Nc2ccc(CCNC[C@H](O)COc3ccc(O)cc3)cc2)cc1. The summed E-state index contributed by atoms with van der Waals surface area (Å²) in [5.41, 5.74) is 1.97. The second-order valence-electron chi connectivity index (χ2n) is 7.92. The molecule has 9 nitrogen and oxygen atoms in total. The maximum Gasteiger partial charge on any atom is 0.261 e. The fourth-order valence-corrected chi connectivity index (χ4v) is 4.23. The van der Waals surface area contributed by atoms with Crippen LogP contribution in [0.1, 0.15) is 12.5 Å². The Bertz CT molecular complexity index is 1200. The minimum atomic E-state index is -3.76. The number of benzene rings is 3. The van der Waals surface area contributed by atoms with Crippen molar-refractivity contribution in [2.45, 2.75) is 24.3 Å². The van der Waals surface area contributed by atoms with Gasteiger partial charge in [-0.25, -0.2) is 8.42 Å². The average molecular weight is 500 g/mol. The molecular weight excluding hydrogens is 470 g/mol. The first kappa shape index (κ1) is 26.0. The molecule has 0 fully saturated rings. The van der Waals surface area contributed by atoms with Gasteiger partial charge in [-0.3, -0.25) is 9.52 Å². The standard InChI is InChI=1S/C25H29N3O6S/c1-18(29)27-20-6-12-25(13-7-20)35(32,33)28-21-4-2-19(3-5-21)14-15-26-16-23(31)17-34-24-10-8-22(30)9-11-24/h2-13,23,26,28,30-31H,14-17H2,1H3,(H,27,29)/t23-/m0/s1. The number of phenols is 1. The van der Waals surface area contributed by atoms with Crippen molar-refractivity contribution in [3.05, 3.63) is 78.4 Å². The molecule has 3 rings (SSSR count). The molecule has 0 aromatic heterocycles. The molecule has 0 aliphatic rings. The Labute approximate surface area is 204 Å². The molecule has 0 radical (unpaired) electrons. The van der Waals surface area contributed by atoms with Gasteiger partial charge in [0.2, 0.25) is 5.91 Å². The molecule has 0 aliphatic heterocycles. The number of carbonyl (C=O) groups excluding carboxylic acids is 1. The van der Waals surface area contributed by atoms with Crippen molar-refractivity contribution in [2.24, 2.45) is 0 Å². The predicted octanol–water partition coefficient (Wildman–Crippen LogP) is 2.72. The van der Waals surface area contributed by atoms with Crippen LogP contribution in [0.4, 0.5) is 11.4 Å². The molecule has 0 saturated heterocycles. The Morgan fingerprint density at radius 3 is 2.20 bits per heavy atom. The van der Waals surface area contributed by atoms with Crippen molar-refractivity contribution < 1.29 is 28.2 Å². The van der Waals surface area contributed by atoms with Crippen LogP contribution >= 0.6 is 0 Å². The highest BCUT2D eigenvalue weighted by molar-refractivity contribution is 7.92. The molecule has 3 aromatic carbocycles. The van der Waals surface area contributed by atoms with Crippen molar-refractivity contribution in [2.75, 3.05) is 29.7 Å². The number of phenolic OH excluding ortho intramolecular Hbond substituents is 1. The van der Waals surface area contributed by atoms with E-state index in [2.05, 4.69) is 15.4 Å². The van der Waals surface area contributed by atoms with E-state index in [1.54, 1.807) is 24.3 Å². The predicted molar refractivity (Wildman–Crippen MR) is 134 cm³/mol. The molecular formula is C25H29N3O6S. The van der Waals surface area contributed by atoms with E-state index >= 15 is 0 Å². The fourth-order valence-electron chi connectivity index (χ4n) is 3.17. The molecule has 3 aromatic rings. The Hall–Kier alpha value is -3.60. The number of nitrogens with one attached hydrogen (secondary N) is 3. The summed E-state index contributed by atoms with van der Waals surface area (Å²) in [6.07, 6.45) is 0.0105. The number of amides is 1. The highest BCUT2D eigenvalue weighted by Crippen LogP contribution is 2.19. The van der Waals surface area contributed by atoms with Gasteiger partial charge in [-0.1, -0.05) is 12.1 Å². The third kappa shape index (κ3) is 8.60. The van der Waals surface area contributed by atoms with Gasteiger partial charge in [0.05, 0.1) is 4.90 Å². The number of hydrogen-bond acceptors (Lipinski definition) is 7. The maximum absolute atomic E-state index is 12.6. The van der Waals surface area contributed by atoms with E-state index in [0.717, 1.165) is 5.56 Å². The molecule has 5 N–H and O–H groups in total. The zero-order chi connectivity index (χ0) is 25.3. The van der Waals surface area contributed by atoms with E-state index in [-0.39, 0.29) is 23.2 Å². The van der Waals surface area contributed by atoms with E-state index < -0.39 is 16.1 Å². The number of sulfonamides is 1. The van der Waals surface area contributed by atoms with Gasteiger partial charge in [-0.2, -0.15) is 0 Å². The van der Waals surface area contributed by atoms with Gasteiger partial charge < -0.3 is 25.6 Å². The van der Waals surface area contributed by atoms with E-state index in [4.69, 9.17) is 4.74 Å². The summed E-state index contributed by atoms with van der Waals surface area (Å²) in [6.45, 7) is 2.49. The Kier molecular flexibility index (Phi) is 9.07. The number of aromatic hydroxyl groups is 1. The van der Waals surface area contributed by atoms with Gasteiger partial charge in [0.1, 0.15) is 24.2 Å². The van der Waals surface area contributed by atoms with Crippen LogP contribution in [-0.4, -0.2) is 50.3 Å². The number of carbonyl (C=O) groups is 1. The third-order valence-corrected chi connectivity index (χ3v) is 6.34. The normalized spacial score (nSPS) is 12.1. The highest BCUT2D eigenvalue weighted by atomic mass is 32.2. The Morgan fingerprint density at radius 1 is 0.943 bits per heavy atom. The van der Waals surface area contributed by atoms with Crippen molar-refractivity contribution in [3.8, 4) is 11.5 Å². The molecule has 1 amide bonds. The quantitative estimate of drug-likeness (QED) is 0.242. The summed E-state index contributed by atoms with van der Waals surface area (Å²) < 4.78 is 33.2. The molecule has 0 spiro atoms. The fraction of sp³-hybridized carbons (Fsp3) is 0.240. The first-order valence-electron chi connectivity index (χ1n) is 11.0. The third-order valence-electron chi connectivity index (χ3n) is 4.94. The monoisotopic (exact) mass is 499 g/mol. The van der Waals surface area contributed by atoms with Crippen LogP contribution in [0.3, 0.4) is 0 Å². The van der Waals surface area contributed by atoms with E-state index in [1.807, 2.05) is 12.1 Å². The number of hydrogen-bond donors (Lipinski definition) is 5. The Morgan fingerprint density at radius 2 is 1.57 bits per heavy atom. The number of aliphatic hydroxyl groups is 1. The second-order valence-corrected chi connectivity index (χ2v) is 9.60. The van der Waals surface area contributed by atoms with Crippen LogP contribution < -0.4 is 20.1 Å². The highest BCUT2D eigenvalue weighted by Gasteiger charge is 2.14. The van der Waals surface area contributed by atoms with Gasteiger partial charge >= 0.3 is 0 Å². The molecule has 10 heteroatoms. The summed E-state index contributed by atoms with van der Waals surface area (Å²) in [5, 5.41) is 25.0. The van der Waals surface area contributed by atoms with Crippen LogP contribution in [0.5, 0.6) is 11.5 Å². The van der Waals surface area contributed by atoms with Gasteiger partial charge in [-0.05, 0) is 79.2 Å². The summed E-state index contributed by atoms with van der Waals surface area (Å²) >= 11 is 0. The molecule has 0 aliphatic carbocycles. The van der Waals surface area contributed by atoms with Crippen LogP contribution in [0.25, 0.3) is 0 Å². The molecule has 0 bridgehead atoms. The number of anilines is 2. The largest absolute Gasteiger partial charge is 0.508 e. The van der Waals surface area contributed by atoms with E-state index in [0.29, 0.717) is 36.6 Å². The van der Waals surface area contributed by atoms with E-state index in [1.165, 1.54) is 43.3 Å². The van der Waals surface area contributed by atoms with Crippen LogP contribution in [0, 0.1) is 0 Å². The number of ether oxygens (including phenoxy) is 1. The maximum atomic E-state index is 12.6. The zero-order valence-electron chi connectivity index (χ0n) is 19.3. The minimum absolute atomic E-state index is 0.0906. The summed E-state index contributed by atoms with van der Waals surface area (Å²) in [7, 11) is -3.76. The lowest BCUT2D eigenvalue weighted by Crippen LogP contribution is -2.32. The first-order valence-corrected chi connectivity index (χ1v) is 12.5. The van der Waals surface area contributed by atoms with Crippen molar-refractivity contribution in [3.63, 3.8) is 0 Å². The average Bonchev–Trinajstić information content (AvgIpc) is 2.82. The summed E-state index contributed by atoms with van der Waals surface area (Å²) in [5.74, 6) is 0.490. The van der Waals surface area contributed by atoms with Gasteiger partial charge in [0.25, 0.3) is 10.0 Å². The number of aliphatic hydroxyl groups excluding tert-OH is 1. The lowest BCUT2D eigenvalue weighted by molar-refractivity contribution is -0.114. The lowest BCUT2D eigenvalue weighted by Gasteiger charge is -2.13. The minimum Gasteiger partial charge on any atom is -0.508 e. The van der Waals surface area contributed by atoms with Crippen molar-refractivity contribution >= 4 is 27.3 Å². The molecule has 0 unspecified atom stereocenters. The molecule has 35 heavy (non-hydrogen) atoms. The summed E-state index contributed by atoms with van der Waals surface area (Å²) in [6, 6.07) is 19.3. The molecule has 186 valence electrons. The summed E-state index contributed by atoms with van der Waals surface area (Å²) in [4.78, 5) is 11.2.